The van der Waals surface area contributed by atoms with Gasteiger partial charge in [-0.15, -0.1) is 0 Å². The summed E-state index contributed by atoms with van der Waals surface area (Å²) in [5.74, 6) is -0.546. The fourth-order valence-corrected chi connectivity index (χ4v) is 4.61. The second kappa shape index (κ2) is 6.37. The van der Waals surface area contributed by atoms with Gasteiger partial charge in [0, 0.05) is 13.1 Å². The molecule has 0 N–H and O–H groups in total. The van der Waals surface area contributed by atoms with Crippen LogP contribution < -0.4 is 0 Å². The van der Waals surface area contributed by atoms with Crippen molar-refractivity contribution in [2.45, 2.75) is 24.8 Å². The lowest BCUT2D eigenvalue weighted by Crippen LogP contribution is -2.36. The van der Waals surface area contributed by atoms with Crippen LogP contribution in [0.15, 0.2) is 47.4 Å². The van der Waals surface area contributed by atoms with E-state index >= 15 is 0 Å². The van der Waals surface area contributed by atoms with Gasteiger partial charge in [-0.3, -0.25) is 0 Å². The number of benzene rings is 2. The number of hydrogen-bond acceptors (Lipinski definition) is 4. The Morgan fingerprint density at radius 2 is 1.83 bits per heavy atom. The van der Waals surface area contributed by atoms with E-state index in [2.05, 4.69) is 4.74 Å². The minimum Gasteiger partial charge on any atom is -0.465 e. The molecule has 1 heterocycles. The molecule has 6 heteroatoms. The molecule has 0 radical (unpaired) electrons. The quantitative estimate of drug-likeness (QED) is 0.802. The molecule has 3 rings (SSSR count). The van der Waals surface area contributed by atoms with Gasteiger partial charge in [0.15, 0.2) is 0 Å². The first kappa shape index (κ1) is 16.7. The summed E-state index contributed by atoms with van der Waals surface area (Å²) in [5, 5.41) is 0. The SMILES string of the molecule is COC(=O)c1ccc(C)c(S(=O)(=O)N2CCc3ccccc3C2)c1. The highest BCUT2D eigenvalue weighted by atomic mass is 32.2. The summed E-state index contributed by atoms with van der Waals surface area (Å²) in [6, 6.07) is 12.5. The molecule has 0 saturated heterocycles. The molecule has 2 aromatic rings. The maximum Gasteiger partial charge on any atom is 0.337 e. The average Bonchev–Trinajstić information content (AvgIpc) is 2.60. The first-order valence-electron chi connectivity index (χ1n) is 7.69. The molecular weight excluding hydrogens is 326 g/mol. The van der Waals surface area contributed by atoms with Crippen molar-refractivity contribution in [3.63, 3.8) is 0 Å². The van der Waals surface area contributed by atoms with Crippen LogP contribution in [0.3, 0.4) is 0 Å². The van der Waals surface area contributed by atoms with Crippen LogP contribution in [-0.2, 0) is 27.7 Å². The lowest BCUT2D eigenvalue weighted by atomic mass is 10.0. The van der Waals surface area contributed by atoms with Gasteiger partial charge in [0.05, 0.1) is 17.6 Å². The zero-order valence-corrected chi connectivity index (χ0v) is 14.5. The van der Waals surface area contributed by atoms with E-state index in [1.54, 1.807) is 19.1 Å². The number of aryl methyl sites for hydroxylation is 1. The maximum atomic E-state index is 13.1. The Labute approximate surface area is 141 Å². The smallest absolute Gasteiger partial charge is 0.337 e. The number of methoxy groups -OCH3 is 1. The van der Waals surface area contributed by atoms with Gasteiger partial charge in [0.25, 0.3) is 0 Å². The summed E-state index contributed by atoms with van der Waals surface area (Å²) in [5.41, 5.74) is 3.05. The van der Waals surface area contributed by atoms with Gasteiger partial charge in [-0.2, -0.15) is 4.31 Å². The van der Waals surface area contributed by atoms with Gasteiger partial charge in [0.1, 0.15) is 0 Å². The number of esters is 1. The van der Waals surface area contributed by atoms with Crippen LogP contribution in [0, 0.1) is 6.92 Å². The Morgan fingerprint density at radius 1 is 1.12 bits per heavy atom. The molecule has 0 aromatic heterocycles. The zero-order chi connectivity index (χ0) is 17.3. The highest BCUT2D eigenvalue weighted by Gasteiger charge is 2.30. The predicted octanol–water partition coefficient (Wildman–Crippen LogP) is 2.53. The van der Waals surface area contributed by atoms with E-state index in [-0.39, 0.29) is 10.5 Å². The number of rotatable bonds is 3. The van der Waals surface area contributed by atoms with Gasteiger partial charge in [-0.1, -0.05) is 30.3 Å². The van der Waals surface area contributed by atoms with Gasteiger partial charge in [-0.05, 0) is 42.2 Å². The molecule has 0 spiro atoms. The van der Waals surface area contributed by atoms with Crippen molar-refractivity contribution in [2.75, 3.05) is 13.7 Å². The number of hydrogen-bond donors (Lipinski definition) is 0. The lowest BCUT2D eigenvalue weighted by Gasteiger charge is -2.28. The Balaban J connectivity index is 1.98. The van der Waals surface area contributed by atoms with Crippen molar-refractivity contribution >= 4 is 16.0 Å². The number of carbonyl (C=O) groups is 1. The molecule has 0 saturated carbocycles. The molecule has 0 atom stereocenters. The van der Waals surface area contributed by atoms with Crippen LogP contribution in [0.5, 0.6) is 0 Å². The minimum atomic E-state index is -3.67. The van der Waals surface area contributed by atoms with Crippen LogP contribution in [0.1, 0.15) is 27.0 Å². The van der Waals surface area contributed by atoms with Crippen LogP contribution in [0.25, 0.3) is 0 Å². The standard InChI is InChI=1S/C18H19NO4S/c1-13-7-8-15(18(20)23-2)11-17(13)24(21,22)19-10-9-14-5-3-4-6-16(14)12-19/h3-8,11H,9-10,12H2,1-2H3. The average molecular weight is 345 g/mol. The van der Waals surface area contributed by atoms with Crippen molar-refractivity contribution in [3.8, 4) is 0 Å². The third kappa shape index (κ3) is 2.95. The van der Waals surface area contributed by atoms with E-state index < -0.39 is 16.0 Å². The molecule has 2 aromatic carbocycles. The Bertz CT molecular complexity index is 890. The molecular formula is C18H19NO4S. The van der Waals surface area contributed by atoms with Gasteiger partial charge >= 0.3 is 5.97 Å². The number of sulfonamides is 1. The summed E-state index contributed by atoms with van der Waals surface area (Å²) in [6.07, 6.45) is 0.686. The molecule has 0 fully saturated rings. The minimum absolute atomic E-state index is 0.157. The summed E-state index contributed by atoms with van der Waals surface area (Å²) < 4.78 is 32.3. The van der Waals surface area contributed by atoms with Gasteiger partial charge in [-0.25, -0.2) is 13.2 Å². The molecule has 5 nitrogen and oxygen atoms in total. The molecule has 1 aliphatic rings. The second-order valence-corrected chi connectivity index (χ2v) is 7.74. The maximum absolute atomic E-state index is 13.1. The van der Waals surface area contributed by atoms with E-state index in [4.69, 9.17) is 0 Å². The monoisotopic (exact) mass is 345 g/mol. The molecule has 24 heavy (non-hydrogen) atoms. The number of carbonyl (C=O) groups excluding carboxylic acids is 1. The molecule has 0 unspecified atom stereocenters. The van der Waals surface area contributed by atoms with E-state index in [1.807, 2.05) is 24.3 Å². The highest BCUT2D eigenvalue weighted by Crippen LogP contribution is 2.27. The largest absolute Gasteiger partial charge is 0.465 e. The molecule has 126 valence electrons. The first-order valence-corrected chi connectivity index (χ1v) is 9.13. The van der Waals surface area contributed by atoms with Crippen molar-refractivity contribution in [3.05, 3.63) is 64.7 Å². The first-order chi connectivity index (χ1) is 11.4. The summed E-state index contributed by atoms with van der Waals surface area (Å²) in [7, 11) is -2.40. The normalized spacial score (nSPS) is 14.9. The van der Waals surface area contributed by atoms with E-state index in [9.17, 15) is 13.2 Å². The molecule has 0 amide bonds. The van der Waals surface area contributed by atoms with Crippen LogP contribution in [-0.4, -0.2) is 32.3 Å². The van der Waals surface area contributed by atoms with Crippen LogP contribution in [0.2, 0.25) is 0 Å². The summed E-state index contributed by atoms with van der Waals surface area (Å²) in [6.45, 7) is 2.51. The van der Waals surface area contributed by atoms with E-state index in [0.717, 1.165) is 5.56 Å². The van der Waals surface area contributed by atoms with Crippen LogP contribution >= 0.6 is 0 Å². The third-order valence-electron chi connectivity index (χ3n) is 4.32. The van der Waals surface area contributed by atoms with E-state index in [1.165, 1.54) is 23.0 Å². The van der Waals surface area contributed by atoms with Crippen molar-refractivity contribution in [1.82, 2.24) is 4.31 Å². The van der Waals surface area contributed by atoms with Crippen molar-refractivity contribution < 1.29 is 17.9 Å². The van der Waals surface area contributed by atoms with Gasteiger partial charge < -0.3 is 4.74 Å². The summed E-state index contributed by atoms with van der Waals surface area (Å²) in [4.78, 5) is 11.9. The number of ether oxygens (including phenoxy) is 1. The molecule has 0 aliphatic carbocycles. The number of fused-ring (bicyclic) bond motifs is 1. The summed E-state index contributed by atoms with van der Waals surface area (Å²) >= 11 is 0. The Morgan fingerprint density at radius 3 is 2.54 bits per heavy atom. The van der Waals surface area contributed by atoms with E-state index in [0.29, 0.717) is 25.1 Å². The fraction of sp³-hybridized carbons (Fsp3) is 0.278. The van der Waals surface area contributed by atoms with Crippen molar-refractivity contribution in [2.24, 2.45) is 0 Å². The molecule has 1 aliphatic heterocycles. The Hall–Kier alpha value is -2.18. The fourth-order valence-electron chi connectivity index (χ4n) is 2.94. The third-order valence-corrected chi connectivity index (χ3v) is 6.31. The predicted molar refractivity (Wildman–Crippen MR) is 90.3 cm³/mol. The molecule has 0 bridgehead atoms. The highest BCUT2D eigenvalue weighted by molar-refractivity contribution is 7.89. The lowest BCUT2D eigenvalue weighted by molar-refractivity contribution is 0.0600. The zero-order valence-electron chi connectivity index (χ0n) is 13.7. The van der Waals surface area contributed by atoms with Gasteiger partial charge in [0.2, 0.25) is 10.0 Å². The Kier molecular flexibility index (Phi) is 4.43. The van der Waals surface area contributed by atoms with Crippen molar-refractivity contribution in [1.29, 1.82) is 0 Å². The topological polar surface area (TPSA) is 63.7 Å². The number of nitrogens with zero attached hydrogens (tertiary/aromatic N) is 1. The second-order valence-electron chi connectivity index (χ2n) is 5.83. The van der Waals surface area contributed by atoms with Crippen LogP contribution in [0.4, 0.5) is 0 Å².